The van der Waals surface area contributed by atoms with E-state index in [4.69, 9.17) is 9.47 Å². The SMILES string of the molecule is CCCCN(C)C(=O)C1CCC(=O)N(c2ccc(OC)cc2)C1c1ccc(OC)cc1. The molecule has 31 heavy (non-hydrogen) atoms. The molecule has 2 aromatic carbocycles. The van der Waals surface area contributed by atoms with Crippen molar-refractivity contribution in [3.8, 4) is 11.5 Å². The smallest absolute Gasteiger partial charge is 0.227 e. The fraction of sp³-hybridized carbons (Fsp3) is 0.440. The van der Waals surface area contributed by atoms with Gasteiger partial charge in [0, 0.05) is 25.7 Å². The highest BCUT2D eigenvalue weighted by Crippen LogP contribution is 2.41. The largest absolute Gasteiger partial charge is 0.497 e. The molecule has 2 amide bonds. The van der Waals surface area contributed by atoms with Crippen LogP contribution in [0.15, 0.2) is 48.5 Å². The minimum absolute atomic E-state index is 0.0197. The van der Waals surface area contributed by atoms with Crippen LogP contribution in [0.5, 0.6) is 11.5 Å². The Morgan fingerprint density at radius 1 is 1.03 bits per heavy atom. The Morgan fingerprint density at radius 3 is 2.16 bits per heavy atom. The predicted molar refractivity (Wildman–Crippen MR) is 121 cm³/mol. The molecule has 0 N–H and O–H groups in total. The summed E-state index contributed by atoms with van der Waals surface area (Å²) < 4.78 is 10.6. The summed E-state index contributed by atoms with van der Waals surface area (Å²) in [6, 6.07) is 14.7. The number of amides is 2. The third kappa shape index (κ3) is 5.01. The van der Waals surface area contributed by atoms with Crippen LogP contribution in [0, 0.1) is 5.92 Å². The number of methoxy groups -OCH3 is 2. The van der Waals surface area contributed by atoms with Gasteiger partial charge in [-0.05, 0) is 54.8 Å². The van der Waals surface area contributed by atoms with Crippen LogP contribution in [-0.4, -0.2) is 44.5 Å². The molecule has 0 bridgehead atoms. The first-order valence-electron chi connectivity index (χ1n) is 10.8. The molecule has 166 valence electrons. The van der Waals surface area contributed by atoms with Gasteiger partial charge in [0.25, 0.3) is 0 Å². The van der Waals surface area contributed by atoms with Gasteiger partial charge in [0.05, 0.1) is 26.2 Å². The lowest BCUT2D eigenvalue weighted by atomic mass is 9.82. The molecule has 2 unspecified atom stereocenters. The molecule has 3 rings (SSSR count). The van der Waals surface area contributed by atoms with Crippen LogP contribution in [0.1, 0.15) is 44.2 Å². The predicted octanol–water partition coefficient (Wildman–Crippen LogP) is 4.45. The number of hydrogen-bond acceptors (Lipinski definition) is 4. The van der Waals surface area contributed by atoms with E-state index in [0.29, 0.717) is 12.8 Å². The first kappa shape index (κ1) is 22.7. The fourth-order valence-electron chi connectivity index (χ4n) is 4.17. The molecule has 1 fully saturated rings. The lowest BCUT2D eigenvalue weighted by Crippen LogP contribution is -2.48. The second kappa shape index (κ2) is 10.3. The molecule has 0 spiro atoms. The van der Waals surface area contributed by atoms with Crippen molar-refractivity contribution in [2.24, 2.45) is 5.92 Å². The van der Waals surface area contributed by atoms with E-state index < -0.39 is 0 Å². The average molecular weight is 425 g/mol. The van der Waals surface area contributed by atoms with Crippen molar-refractivity contribution >= 4 is 17.5 Å². The molecule has 0 saturated carbocycles. The third-order valence-electron chi connectivity index (χ3n) is 5.95. The van der Waals surface area contributed by atoms with Crippen LogP contribution >= 0.6 is 0 Å². The van der Waals surface area contributed by atoms with Crippen molar-refractivity contribution in [2.45, 2.75) is 38.6 Å². The van der Waals surface area contributed by atoms with Gasteiger partial charge in [-0.2, -0.15) is 0 Å². The van der Waals surface area contributed by atoms with E-state index in [9.17, 15) is 9.59 Å². The van der Waals surface area contributed by atoms with Crippen LogP contribution in [0.4, 0.5) is 5.69 Å². The molecule has 1 heterocycles. The van der Waals surface area contributed by atoms with E-state index in [0.717, 1.165) is 42.1 Å². The van der Waals surface area contributed by atoms with Crippen LogP contribution in [0.25, 0.3) is 0 Å². The van der Waals surface area contributed by atoms with Gasteiger partial charge >= 0.3 is 0 Å². The molecular formula is C25H32N2O4. The normalized spacial score (nSPS) is 18.6. The number of carbonyl (C=O) groups excluding carboxylic acids is 2. The van der Waals surface area contributed by atoms with Crippen LogP contribution < -0.4 is 14.4 Å². The number of carbonyl (C=O) groups is 2. The summed E-state index contributed by atoms with van der Waals surface area (Å²) in [4.78, 5) is 30.1. The maximum Gasteiger partial charge on any atom is 0.227 e. The Morgan fingerprint density at radius 2 is 1.61 bits per heavy atom. The highest BCUT2D eigenvalue weighted by Gasteiger charge is 2.42. The number of ether oxygens (including phenoxy) is 2. The fourth-order valence-corrected chi connectivity index (χ4v) is 4.17. The van der Waals surface area contributed by atoms with Gasteiger partial charge in [-0.25, -0.2) is 0 Å². The highest BCUT2D eigenvalue weighted by molar-refractivity contribution is 5.97. The summed E-state index contributed by atoms with van der Waals surface area (Å²) in [5.74, 6) is 1.26. The van der Waals surface area contributed by atoms with Crippen molar-refractivity contribution in [3.63, 3.8) is 0 Å². The number of anilines is 1. The van der Waals surface area contributed by atoms with Crippen molar-refractivity contribution in [3.05, 3.63) is 54.1 Å². The van der Waals surface area contributed by atoms with Crippen molar-refractivity contribution in [1.29, 1.82) is 0 Å². The van der Waals surface area contributed by atoms with E-state index in [1.165, 1.54) is 0 Å². The van der Waals surface area contributed by atoms with E-state index in [2.05, 4.69) is 6.92 Å². The van der Waals surface area contributed by atoms with E-state index in [1.807, 2.05) is 60.5 Å². The minimum atomic E-state index is -0.378. The summed E-state index contributed by atoms with van der Waals surface area (Å²) in [6.07, 6.45) is 2.87. The molecule has 1 aliphatic rings. The molecule has 2 atom stereocenters. The summed E-state index contributed by atoms with van der Waals surface area (Å²) in [6.45, 7) is 2.83. The van der Waals surface area contributed by atoms with Crippen LogP contribution in [0.2, 0.25) is 0 Å². The summed E-state index contributed by atoms with van der Waals surface area (Å²) in [5.41, 5.74) is 1.69. The molecule has 1 aliphatic heterocycles. The number of piperidine rings is 1. The van der Waals surface area contributed by atoms with Gasteiger partial charge in [-0.15, -0.1) is 0 Å². The molecule has 6 heteroatoms. The first-order valence-corrected chi connectivity index (χ1v) is 10.8. The molecule has 2 aromatic rings. The van der Waals surface area contributed by atoms with Crippen LogP contribution in [0.3, 0.4) is 0 Å². The Balaban J connectivity index is 2.02. The lowest BCUT2D eigenvalue weighted by molar-refractivity contribution is -0.137. The van der Waals surface area contributed by atoms with Gasteiger partial charge in [-0.1, -0.05) is 25.5 Å². The molecule has 6 nitrogen and oxygen atoms in total. The molecule has 0 radical (unpaired) electrons. The van der Waals surface area contributed by atoms with Crippen LogP contribution in [-0.2, 0) is 9.59 Å². The Bertz CT molecular complexity index is 879. The summed E-state index contributed by atoms with van der Waals surface area (Å²) in [7, 11) is 5.09. The maximum atomic E-state index is 13.4. The Kier molecular flexibility index (Phi) is 7.55. The van der Waals surface area contributed by atoms with Gasteiger partial charge < -0.3 is 19.3 Å². The van der Waals surface area contributed by atoms with Crippen molar-refractivity contribution in [2.75, 3.05) is 32.7 Å². The monoisotopic (exact) mass is 424 g/mol. The lowest BCUT2D eigenvalue weighted by Gasteiger charge is -2.42. The van der Waals surface area contributed by atoms with Gasteiger partial charge in [0.15, 0.2) is 0 Å². The standard InChI is InChI=1S/C25H32N2O4/c1-5-6-17-26(2)25(29)22-15-16-23(28)27(19-9-13-21(31-4)14-10-19)24(22)18-7-11-20(30-3)12-8-18/h7-14,22,24H,5-6,15-17H2,1-4H3. The number of unbranched alkanes of at least 4 members (excludes halogenated alkanes) is 1. The zero-order valence-electron chi connectivity index (χ0n) is 18.8. The number of rotatable bonds is 8. The van der Waals surface area contributed by atoms with E-state index >= 15 is 0 Å². The second-order valence-electron chi connectivity index (χ2n) is 7.94. The summed E-state index contributed by atoms with van der Waals surface area (Å²) >= 11 is 0. The number of hydrogen-bond donors (Lipinski definition) is 0. The van der Waals surface area contributed by atoms with Gasteiger partial charge in [-0.3, -0.25) is 9.59 Å². The molecular weight excluding hydrogens is 392 g/mol. The number of benzene rings is 2. The Hall–Kier alpha value is -3.02. The number of nitrogens with zero attached hydrogens (tertiary/aromatic N) is 2. The second-order valence-corrected chi connectivity index (χ2v) is 7.94. The van der Waals surface area contributed by atoms with E-state index in [-0.39, 0.29) is 23.8 Å². The van der Waals surface area contributed by atoms with Crippen molar-refractivity contribution in [1.82, 2.24) is 4.90 Å². The van der Waals surface area contributed by atoms with Gasteiger partial charge in [0.1, 0.15) is 11.5 Å². The van der Waals surface area contributed by atoms with Gasteiger partial charge in [0.2, 0.25) is 11.8 Å². The quantitative estimate of drug-likeness (QED) is 0.628. The topological polar surface area (TPSA) is 59.1 Å². The zero-order valence-corrected chi connectivity index (χ0v) is 18.8. The third-order valence-corrected chi connectivity index (χ3v) is 5.95. The maximum absolute atomic E-state index is 13.4. The average Bonchev–Trinajstić information content (AvgIpc) is 2.82. The highest BCUT2D eigenvalue weighted by atomic mass is 16.5. The van der Waals surface area contributed by atoms with Crippen molar-refractivity contribution < 1.29 is 19.1 Å². The minimum Gasteiger partial charge on any atom is -0.497 e. The molecule has 0 aromatic heterocycles. The molecule has 0 aliphatic carbocycles. The van der Waals surface area contributed by atoms with E-state index in [1.54, 1.807) is 19.1 Å². The first-order chi connectivity index (χ1) is 15.0. The molecule has 1 saturated heterocycles. The zero-order chi connectivity index (χ0) is 22.4. The summed E-state index contributed by atoms with van der Waals surface area (Å²) in [5, 5.41) is 0. The Labute approximate surface area is 184 Å².